The zero-order valence-corrected chi connectivity index (χ0v) is 7.32. The number of aliphatic carboxylic acids is 1. The molecule has 2 unspecified atom stereocenters. The molecular formula is C5H10O6P. The molecule has 0 aliphatic rings. The lowest BCUT2D eigenvalue weighted by atomic mass is 10.2. The Morgan fingerprint density at radius 2 is 2.17 bits per heavy atom. The Morgan fingerprint density at radius 1 is 1.75 bits per heavy atom. The SMILES string of the molecule is [CH2]P(=O)(O)OC(O)(CC)C(=O)O. The molecule has 1 radical (unpaired) electrons. The standard InChI is InChI=1S/C5H10O6P/c1-3-5(8,4(6)7)11-12(2,9)10/h8H,2-3H2,1H3,(H,6,7)(H,9,10). The smallest absolute Gasteiger partial charge is 0.364 e. The van der Waals surface area contributed by atoms with Gasteiger partial charge in [-0.15, -0.1) is 0 Å². The second kappa shape index (κ2) is 3.53. The molecule has 0 bridgehead atoms. The van der Waals surface area contributed by atoms with E-state index in [0.717, 1.165) is 0 Å². The van der Waals surface area contributed by atoms with E-state index in [9.17, 15) is 9.36 Å². The topological polar surface area (TPSA) is 104 Å². The van der Waals surface area contributed by atoms with E-state index in [1.165, 1.54) is 6.92 Å². The predicted octanol–water partition coefficient (Wildman–Crippen LogP) is 0.163. The van der Waals surface area contributed by atoms with E-state index < -0.39 is 19.4 Å². The molecular weight excluding hydrogens is 187 g/mol. The van der Waals surface area contributed by atoms with Gasteiger partial charge in [-0.2, -0.15) is 0 Å². The average molecular weight is 197 g/mol. The van der Waals surface area contributed by atoms with Crippen molar-refractivity contribution in [2.75, 3.05) is 0 Å². The maximum Gasteiger partial charge on any atom is 0.364 e. The molecule has 0 saturated heterocycles. The van der Waals surface area contributed by atoms with Crippen molar-refractivity contribution in [3.8, 4) is 0 Å². The lowest BCUT2D eigenvalue weighted by Gasteiger charge is -2.22. The van der Waals surface area contributed by atoms with Crippen molar-refractivity contribution < 1.29 is 29.0 Å². The lowest BCUT2D eigenvalue weighted by molar-refractivity contribution is -0.195. The Hall–Kier alpha value is -0.420. The summed E-state index contributed by atoms with van der Waals surface area (Å²) >= 11 is 0. The van der Waals surface area contributed by atoms with E-state index in [1.807, 2.05) is 0 Å². The number of carboxylic acid groups (broad SMARTS) is 1. The van der Waals surface area contributed by atoms with Crippen LogP contribution in [0.4, 0.5) is 0 Å². The van der Waals surface area contributed by atoms with Crippen LogP contribution in [0.1, 0.15) is 13.3 Å². The third-order valence-corrected chi connectivity index (χ3v) is 1.69. The molecule has 0 aromatic carbocycles. The van der Waals surface area contributed by atoms with Gasteiger partial charge in [0.2, 0.25) is 0 Å². The highest BCUT2D eigenvalue weighted by Crippen LogP contribution is 2.44. The molecule has 2 atom stereocenters. The fourth-order valence-electron chi connectivity index (χ4n) is 0.491. The second-order valence-electron chi connectivity index (χ2n) is 2.17. The first-order valence-electron chi connectivity index (χ1n) is 3.05. The summed E-state index contributed by atoms with van der Waals surface area (Å²) in [5, 5.41) is 17.4. The maximum atomic E-state index is 10.5. The van der Waals surface area contributed by atoms with Crippen LogP contribution in [0.3, 0.4) is 0 Å². The van der Waals surface area contributed by atoms with E-state index in [4.69, 9.17) is 15.1 Å². The summed E-state index contributed by atoms with van der Waals surface area (Å²) in [4.78, 5) is 18.8. The van der Waals surface area contributed by atoms with Crippen LogP contribution in [0.15, 0.2) is 0 Å². The fraction of sp³-hybridized carbons (Fsp3) is 0.600. The molecule has 0 aromatic heterocycles. The Kier molecular flexibility index (Phi) is 3.41. The molecule has 0 saturated carbocycles. The molecule has 0 aromatic rings. The summed E-state index contributed by atoms with van der Waals surface area (Å²) in [6.07, 6.45) is -0.345. The third-order valence-electron chi connectivity index (χ3n) is 1.11. The van der Waals surface area contributed by atoms with Gasteiger partial charge in [0.25, 0.3) is 5.79 Å². The molecule has 0 fully saturated rings. The van der Waals surface area contributed by atoms with Gasteiger partial charge in [-0.05, 0) is 0 Å². The van der Waals surface area contributed by atoms with Gasteiger partial charge in [-0.3, -0.25) is 9.09 Å². The van der Waals surface area contributed by atoms with Crippen LogP contribution in [0.25, 0.3) is 0 Å². The molecule has 0 amide bonds. The first-order valence-corrected chi connectivity index (χ1v) is 4.81. The Balaban J connectivity index is 4.57. The largest absolute Gasteiger partial charge is 0.477 e. The Bertz CT molecular complexity index is 220. The molecule has 0 aliphatic heterocycles. The van der Waals surface area contributed by atoms with Crippen molar-refractivity contribution in [1.82, 2.24) is 0 Å². The van der Waals surface area contributed by atoms with Crippen LogP contribution >= 0.6 is 7.60 Å². The number of carboxylic acids is 1. The Labute approximate surface area is 69.3 Å². The number of hydrogen-bond acceptors (Lipinski definition) is 4. The number of aliphatic hydroxyl groups is 1. The van der Waals surface area contributed by atoms with E-state index >= 15 is 0 Å². The van der Waals surface area contributed by atoms with E-state index in [1.54, 1.807) is 0 Å². The minimum Gasteiger partial charge on any atom is -0.477 e. The van der Waals surface area contributed by atoms with Gasteiger partial charge in [0.15, 0.2) is 0 Å². The quantitative estimate of drug-likeness (QED) is 0.438. The van der Waals surface area contributed by atoms with Crippen molar-refractivity contribution in [1.29, 1.82) is 0 Å². The Morgan fingerprint density at radius 3 is 2.25 bits per heavy atom. The van der Waals surface area contributed by atoms with Crippen molar-refractivity contribution >= 4 is 13.6 Å². The third kappa shape index (κ3) is 3.32. The van der Waals surface area contributed by atoms with Gasteiger partial charge < -0.3 is 15.1 Å². The second-order valence-corrected chi connectivity index (χ2v) is 3.63. The van der Waals surface area contributed by atoms with E-state index in [2.05, 4.69) is 11.2 Å². The van der Waals surface area contributed by atoms with Crippen LogP contribution < -0.4 is 0 Å². The average Bonchev–Trinajstić information content (AvgIpc) is 1.83. The van der Waals surface area contributed by atoms with Gasteiger partial charge in [0.1, 0.15) is 0 Å². The predicted molar refractivity (Wildman–Crippen MR) is 39.1 cm³/mol. The van der Waals surface area contributed by atoms with Crippen molar-refractivity contribution in [3.63, 3.8) is 0 Å². The van der Waals surface area contributed by atoms with Crippen LogP contribution in [-0.2, 0) is 13.9 Å². The lowest BCUT2D eigenvalue weighted by Crippen LogP contribution is -2.39. The van der Waals surface area contributed by atoms with Crippen LogP contribution in [-0.4, -0.2) is 26.9 Å². The summed E-state index contributed by atoms with van der Waals surface area (Å²) in [7, 11) is -4.24. The molecule has 71 valence electrons. The fourth-order valence-corrected chi connectivity index (χ4v) is 1.17. The highest BCUT2D eigenvalue weighted by molar-refractivity contribution is 7.54. The monoisotopic (exact) mass is 197 g/mol. The molecule has 0 spiro atoms. The van der Waals surface area contributed by atoms with Crippen molar-refractivity contribution in [3.05, 3.63) is 6.66 Å². The molecule has 7 heteroatoms. The zero-order chi connectivity index (χ0) is 9.99. The molecule has 3 N–H and O–H groups in total. The zero-order valence-electron chi connectivity index (χ0n) is 6.43. The number of carbonyl (C=O) groups is 1. The van der Waals surface area contributed by atoms with Gasteiger partial charge in [-0.1, -0.05) is 6.92 Å². The summed E-state index contributed by atoms with van der Waals surface area (Å²) in [5.74, 6) is -4.35. The molecule has 0 heterocycles. The number of hydrogen-bond donors (Lipinski definition) is 3. The van der Waals surface area contributed by atoms with E-state index in [0.29, 0.717) is 0 Å². The van der Waals surface area contributed by atoms with Crippen molar-refractivity contribution in [2.24, 2.45) is 0 Å². The van der Waals surface area contributed by atoms with Gasteiger partial charge >= 0.3 is 13.6 Å². The van der Waals surface area contributed by atoms with Gasteiger partial charge in [-0.25, -0.2) is 4.79 Å². The minimum atomic E-state index is -4.24. The van der Waals surface area contributed by atoms with Gasteiger partial charge in [0, 0.05) is 6.42 Å². The summed E-state index contributed by atoms with van der Waals surface area (Å²) in [6, 6.07) is 0. The molecule has 0 aliphatic carbocycles. The molecule has 12 heavy (non-hydrogen) atoms. The van der Waals surface area contributed by atoms with E-state index in [-0.39, 0.29) is 6.42 Å². The summed E-state index contributed by atoms with van der Waals surface area (Å²) in [6.45, 7) is 3.95. The molecule has 0 rings (SSSR count). The first kappa shape index (κ1) is 11.6. The summed E-state index contributed by atoms with van der Waals surface area (Å²) < 4.78 is 14.5. The number of rotatable bonds is 4. The minimum absolute atomic E-state index is 0.345. The highest BCUT2D eigenvalue weighted by atomic mass is 31.2. The highest BCUT2D eigenvalue weighted by Gasteiger charge is 2.40. The van der Waals surface area contributed by atoms with Crippen molar-refractivity contribution in [2.45, 2.75) is 19.1 Å². The normalized spacial score (nSPS) is 21.0. The van der Waals surface area contributed by atoms with Crippen LogP contribution in [0.2, 0.25) is 0 Å². The molecule has 6 nitrogen and oxygen atoms in total. The van der Waals surface area contributed by atoms with Gasteiger partial charge in [0.05, 0.1) is 6.66 Å². The van der Waals surface area contributed by atoms with Crippen LogP contribution in [0.5, 0.6) is 0 Å². The first-order chi connectivity index (χ1) is 5.21. The maximum absolute atomic E-state index is 10.5. The van der Waals surface area contributed by atoms with Crippen LogP contribution in [0, 0.1) is 6.66 Å². The summed E-state index contributed by atoms with van der Waals surface area (Å²) in [5.41, 5.74) is 0.